The molecule has 3 nitrogen and oxygen atoms in total. The average molecular weight is 196 g/mol. The molecule has 2 fully saturated rings. The van der Waals surface area contributed by atoms with Gasteiger partial charge in [0, 0.05) is 26.1 Å². The van der Waals surface area contributed by atoms with Gasteiger partial charge in [-0.15, -0.1) is 0 Å². The Morgan fingerprint density at radius 1 is 1.14 bits per heavy atom. The van der Waals surface area contributed by atoms with Gasteiger partial charge in [-0.2, -0.15) is 0 Å². The van der Waals surface area contributed by atoms with Crippen LogP contribution in [0.4, 0.5) is 0 Å². The second kappa shape index (κ2) is 4.30. The number of likely N-dealkylation sites (tertiary alicyclic amines) is 2. The van der Waals surface area contributed by atoms with Gasteiger partial charge in [0.15, 0.2) is 0 Å². The normalized spacial score (nSPS) is 29.5. The SMILES string of the molecule is CC(=O)N1CCC(N2CCCCC2)C1. The van der Waals surface area contributed by atoms with E-state index in [4.69, 9.17) is 0 Å². The lowest BCUT2D eigenvalue weighted by atomic mass is 10.1. The van der Waals surface area contributed by atoms with Crippen molar-refractivity contribution in [2.24, 2.45) is 0 Å². The Balaban J connectivity index is 1.85. The minimum absolute atomic E-state index is 0.240. The third-order valence-electron chi connectivity index (χ3n) is 3.52. The molecule has 2 aliphatic heterocycles. The summed E-state index contributed by atoms with van der Waals surface area (Å²) in [6.07, 6.45) is 5.26. The van der Waals surface area contributed by atoms with Gasteiger partial charge >= 0.3 is 0 Å². The van der Waals surface area contributed by atoms with E-state index >= 15 is 0 Å². The Hall–Kier alpha value is -0.570. The molecule has 1 unspecified atom stereocenters. The molecule has 0 aromatic rings. The topological polar surface area (TPSA) is 23.6 Å². The number of rotatable bonds is 1. The van der Waals surface area contributed by atoms with Crippen molar-refractivity contribution in [1.82, 2.24) is 9.80 Å². The summed E-state index contributed by atoms with van der Waals surface area (Å²) in [7, 11) is 0. The van der Waals surface area contributed by atoms with Crippen molar-refractivity contribution in [2.75, 3.05) is 26.2 Å². The molecular weight excluding hydrogens is 176 g/mol. The van der Waals surface area contributed by atoms with E-state index in [1.165, 1.54) is 38.8 Å². The van der Waals surface area contributed by atoms with Crippen LogP contribution in [0.3, 0.4) is 0 Å². The summed E-state index contributed by atoms with van der Waals surface area (Å²) in [4.78, 5) is 15.7. The maximum absolute atomic E-state index is 11.2. The zero-order valence-electron chi connectivity index (χ0n) is 9.04. The summed E-state index contributed by atoms with van der Waals surface area (Å²) in [5, 5.41) is 0. The quantitative estimate of drug-likeness (QED) is 0.627. The van der Waals surface area contributed by atoms with E-state index in [1.54, 1.807) is 6.92 Å². The molecular formula is C11H20N2O. The smallest absolute Gasteiger partial charge is 0.219 e. The van der Waals surface area contributed by atoms with E-state index in [0.717, 1.165) is 13.1 Å². The minimum Gasteiger partial charge on any atom is -0.341 e. The Bertz CT molecular complexity index is 211. The van der Waals surface area contributed by atoms with Gasteiger partial charge in [-0.25, -0.2) is 0 Å². The average Bonchev–Trinajstić information content (AvgIpc) is 2.68. The number of amides is 1. The predicted octanol–water partition coefficient (Wildman–Crippen LogP) is 1.09. The van der Waals surface area contributed by atoms with Crippen molar-refractivity contribution >= 4 is 5.91 Å². The first-order chi connectivity index (χ1) is 6.77. The van der Waals surface area contributed by atoms with E-state index in [2.05, 4.69) is 4.90 Å². The molecule has 1 atom stereocenters. The summed E-state index contributed by atoms with van der Waals surface area (Å²) in [5.74, 6) is 0.240. The maximum Gasteiger partial charge on any atom is 0.219 e. The zero-order valence-corrected chi connectivity index (χ0v) is 9.04. The van der Waals surface area contributed by atoms with E-state index in [0.29, 0.717) is 6.04 Å². The summed E-state index contributed by atoms with van der Waals surface area (Å²) < 4.78 is 0. The highest BCUT2D eigenvalue weighted by Gasteiger charge is 2.29. The van der Waals surface area contributed by atoms with Crippen LogP contribution in [0, 0.1) is 0 Å². The maximum atomic E-state index is 11.2. The summed E-state index contributed by atoms with van der Waals surface area (Å²) in [5.41, 5.74) is 0. The third kappa shape index (κ3) is 2.08. The van der Waals surface area contributed by atoms with Crippen molar-refractivity contribution in [3.63, 3.8) is 0 Å². The number of hydrogen-bond donors (Lipinski definition) is 0. The van der Waals surface area contributed by atoms with Gasteiger partial charge in [-0.1, -0.05) is 6.42 Å². The fourth-order valence-corrected chi connectivity index (χ4v) is 2.61. The summed E-state index contributed by atoms with van der Waals surface area (Å²) in [6.45, 7) is 6.11. The predicted molar refractivity (Wildman–Crippen MR) is 56.1 cm³/mol. The fraction of sp³-hybridized carbons (Fsp3) is 0.909. The van der Waals surface area contributed by atoms with Crippen LogP contribution in [0.2, 0.25) is 0 Å². The first-order valence-electron chi connectivity index (χ1n) is 5.77. The molecule has 1 amide bonds. The minimum atomic E-state index is 0.240. The number of carbonyl (C=O) groups is 1. The van der Waals surface area contributed by atoms with Crippen molar-refractivity contribution in [2.45, 2.75) is 38.6 Å². The molecule has 0 saturated carbocycles. The van der Waals surface area contributed by atoms with Gasteiger partial charge in [-0.3, -0.25) is 9.69 Å². The highest BCUT2D eigenvalue weighted by atomic mass is 16.2. The van der Waals surface area contributed by atoms with Crippen LogP contribution in [0.1, 0.15) is 32.6 Å². The highest BCUT2D eigenvalue weighted by molar-refractivity contribution is 5.73. The summed E-state index contributed by atoms with van der Waals surface area (Å²) in [6, 6.07) is 0.652. The zero-order chi connectivity index (χ0) is 9.97. The van der Waals surface area contributed by atoms with Gasteiger partial charge in [0.2, 0.25) is 5.91 Å². The lowest BCUT2D eigenvalue weighted by molar-refractivity contribution is -0.128. The standard InChI is InChI=1S/C11H20N2O/c1-10(14)13-8-5-11(9-13)12-6-3-2-4-7-12/h11H,2-9H2,1H3. The van der Waals surface area contributed by atoms with E-state index in [1.807, 2.05) is 4.90 Å². The lowest BCUT2D eigenvalue weighted by Crippen LogP contribution is -2.41. The molecule has 2 saturated heterocycles. The first-order valence-corrected chi connectivity index (χ1v) is 5.77. The number of hydrogen-bond acceptors (Lipinski definition) is 2. The molecule has 2 rings (SSSR count). The van der Waals surface area contributed by atoms with Crippen LogP contribution in [0.15, 0.2) is 0 Å². The van der Waals surface area contributed by atoms with E-state index < -0.39 is 0 Å². The van der Waals surface area contributed by atoms with Crippen LogP contribution in [0.5, 0.6) is 0 Å². The lowest BCUT2D eigenvalue weighted by Gasteiger charge is -2.32. The Morgan fingerprint density at radius 3 is 2.43 bits per heavy atom. The monoisotopic (exact) mass is 196 g/mol. The molecule has 0 aromatic carbocycles. The Labute approximate surface area is 86.1 Å². The summed E-state index contributed by atoms with van der Waals surface area (Å²) >= 11 is 0. The second-order valence-electron chi connectivity index (χ2n) is 4.50. The molecule has 14 heavy (non-hydrogen) atoms. The number of nitrogens with zero attached hydrogens (tertiary/aromatic N) is 2. The van der Waals surface area contributed by atoms with Crippen LogP contribution < -0.4 is 0 Å². The Morgan fingerprint density at radius 2 is 1.86 bits per heavy atom. The van der Waals surface area contributed by atoms with Crippen molar-refractivity contribution < 1.29 is 4.79 Å². The number of piperidine rings is 1. The fourth-order valence-electron chi connectivity index (χ4n) is 2.61. The van der Waals surface area contributed by atoms with Gasteiger partial charge < -0.3 is 4.90 Å². The molecule has 80 valence electrons. The van der Waals surface area contributed by atoms with Crippen molar-refractivity contribution in [3.8, 4) is 0 Å². The van der Waals surface area contributed by atoms with E-state index in [-0.39, 0.29) is 5.91 Å². The highest BCUT2D eigenvalue weighted by Crippen LogP contribution is 2.19. The van der Waals surface area contributed by atoms with Gasteiger partial charge in [0.25, 0.3) is 0 Å². The third-order valence-corrected chi connectivity index (χ3v) is 3.52. The van der Waals surface area contributed by atoms with Crippen molar-refractivity contribution in [3.05, 3.63) is 0 Å². The van der Waals surface area contributed by atoms with Crippen LogP contribution >= 0.6 is 0 Å². The molecule has 0 aromatic heterocycles. The molecule has 0 bridgehead atoms. The Kier molecular flexibility index (Phi) is 3.06. The second-order valence-corrected chi connectivity index (χ2v) is 4.50. The number of carbonyl (C=O) groups excluding carboxylic acids is 1. The largest absolute Gasteiger partial charge is 0.341 e. The molecule has 3 heteroatoms. The van der Waals surface area contributed by atoms with Gasteiger partial charge in [0.1, 0.15) is 0 Å². The molecule has 2 heterocycles. The molecule has 0 spiro atoms. The molecule has 2 aliphatic rings. The van der Waals surface area contributed by atoms with Crippen LogP contribution in [0.25, 0.3) is 0 Å². The van der Waals surface area contributed by atoms with Crippen LogP contribution in [-0.2, 0) is 4.79 Å². The van der Waals surface area contributed by atoms with E-state index in [9.17, 15) is 4.79 Å². The molecule has 0 radical (unpaired) electrons. The van der Waals surface area contributed by atoms with Crippen LogP contribution in [-0.4, -0.2) is 47.9 Å². The molecule has 0 aliphatic carbocycles. The first kappa shape index (κ1) is 9.97. The molecule has 0 N–H and O–H groups in total. The van der Waals surface area contributed by atoms with Gasteiger partial charge in [-0.05, 0) is 32.4 Å². The van der Waals surface area contributed by atoms with Crippen molar-refractivity contribution in [1.29, 1.82) is 0 Å². The van der Waals surface area contributed by atoms with Gasteiger partial charge in [0.05, 0.1) is 0 Å².